The van der Waals surface area contributed by atoms with Gasteiger partial charge < -0.3 is 10.1 Å². The molecule has 5 nitrogen and oxygen atoms in total. The summed E-state index contributed by atoms with van der Waals surface area (Å²) in [6, 6.07) is 14.3. The molecule has 0 heterocycles. The Balaban J connectivity index is 1.80. The van der Waals surface area contributed by atoms with Crippen LogP contribution in [-0.2, 0) is 6.42 Å². The normalized spacial score (nSPS) is 10.1. The molecule has 0 aliphatic carbocycles. The fourth-order valence-corrected chi connectivity index (χ4v) is 2.02. The Labute approximate surface area is 123 Å². The molecule has 0 aromatic heterocycles. The Bertz CT molecular complexity index is 597. The van der Waals surface area contributed by atoms with E-state index in [0.717, 1.165) is 12.1 Å². The van der Waals surface area contributed by atoms with E-state index in [-0.39, 0.29) is 5.69 Å². The first kappa shape index (κ1) is 14.8. The van der Waals surface area contributed by atoms with Crippen LogP contribution in [0, 0.1) is 10.1 Å². The highest BCUT2D eigenvalue weighted by atomic mass is 16.6. The third-order valence-corrected chi connectivity index (χ3v) is 3.13. The lowest BCUT2D eigenvalue weighted by atomic mass is 10.1. The van der Waals surface area contributed by atoms with E-state index in [2.05, 4.69) is 18.3 Å². The molecule has 2 rings (SSSR count). The molecule has 0 spiro atoms. The summed E-state index contributed by atoms with van der Waals surface area (Å²) in [4.78, 5) is 10.1. The fourth-order valence-electron chi connectivity index (χ4n) is 2.02. The van der Waals surface area contributed by atoms with Gasteiger partial charge in [0.2, 0.25) is 0 Å². The zero-order chi connectivity index (χ0) is 15.1. The van der Waals surface area contributed by atoms with Crippen molar-refractivity contribution in [2.45, 2.75) is 13.3 Å². The number of anilines is 1. The molecule has 110 valence electrons. The Hall–Kier alpha value is -2.56. The summed E-state index contributed by atoms with van der Waals surface area (Å²) in [6.07, 6.45) is 0.979. The van der Waals surface area contributed by atoms with Crippen LogP contribution in [0.25, 0.3) is 0 Å². The van der Waals surface area contributed by atoms with Gasteiger partial charge in [-0.25, -0.2) is 0 Å². The number of rotatable bonds is 7. The van der Waals surface area contributed by atoms with Crippen molar-refractivity contribution >= 4 is 11.4 Å². The van der Waals surface area contributed by atoms with Gasteiger partial charge in [-0.3, -0.25) is 10.1 Å². The highest BCUT2D eigenvalue weighted by molar-refractivity contribution is 5.51. The minimum Gasteiger partial charge on any atom is -0.492 e. The minimum absolute atomic E-state index is 0.0670. The van der Waals surface area contributed by atoms with Crippen molar-refractivity contribution in [3.63, 3.8) is 0 Å². The van der Waals surface area contributed by atoms with Gasteiger partial charge in [-0.15, -0.1) is 0 Å². The molecule has 2 aromatic rings. The Kier molecular flexibility index (Phi) is 5.15. The average Bonchev–Trinajstić information content (AvgIpc) is 2.52. The maximum atomic E-state index is 10.5. The highest BCUT2D eigenvalue weighted by Crippen LogP contribution is 2.18. The topological polar surface area (TPSA) is 64.4 Å². The lowest BCUT2D eigenvalue weighted by Crippen LogP contribution is -2.12. The fraction of sp³-hybridized carbons (Fsp3) is 0.250. The van der Waals surface area contributed by atoms with Crippen LogP contribution in [0.4, 0.5) is 11.4 Å². The maximum Gasteiger partial charge on any atom is 0.269 e. The number of hydrogen-bond donors (Lipinski definition) is 1. The predicted octanol–water partition coefficient (Wildman–Crippen LogP) is 3.65. The van der Waals surface area contributed by atoms with E-state index in [1.165, 1.54) is 17.7 Å². The summed E-state index contributed by atoms with van der Waals surface area (Å²) in [5.41, 5.74) is 2.46. The molecule has 21 heavy (non-hydrogen) atoms. The molecular weight excluding hydrogens is 268 g/mol. The van der Waals surface area contributed by atoms with Gasteiger partial charge in [0.15, 0.2) is 0 Å². The van der Waals surface area contributed by atoms with Gasteiger partial charge in [0.05, 0.1) is 4.92 Å². The van der Waals surface area contributed by atoms with Crippen molar-refractivity contribution in [2.75, 3.05) is 18.5 Å². The second-order valence-electron chi connectivity index (χ2n) is 4.54. The first-order valence-electron chi connectivity index (χ1n) is 6.89. The molecule has 0 bridgehead atoms. The molecular formula is C16H18N2O3. The molecule has 0 radical (unpaired) electrons. The lowest BCUT2D eigenvalue weighted by Gasteiger charge is -2.11. The van der Waals surface area contributed by atoms with Gasteiger partial charge in [-0.1, -0.05) is 25.1 Å². The molecule has 0 saturated carbocycles. The monoisotopic (exact) mass is 286 g/mol. The summed E-state index contributed by atoms with van der Waals surface area (Å²) in [6.45, 7) is 3.29. The van der Waals surface area contributed by atoms with E-state index in [4.69, 9.17) is 4.74 Å². The van der Waals surface area contributed by atoms with Gasteiger partial charge in [0.1, 0.15) is 12.4 Å². The SMILES string of the molecule is CCc1ccccc1NCCOc1ccc([N+](=O)[O-])cc1. The van der Waals surface area contributed by atoms with E-state index in [1.807, 2.05) is 18.2 Å². The summed E-state index contributed by atoms with van der Waals surface area (Å²) in [5, 5.41) is 13.9. The van der Waals surface area contributed by atoms with Crippen LogP contribution in [0.3, 0.4) is 0 Å². The highest BCUT2D eigenvalue weighted by Gasteiger charge is 2.04. The average molecular weight is 286 g/mol. The van der Waals surface area contributed by atoms with Crippen molar-refractivity contribution < 1.29 is 9.66 Å². The number of nitrogens with one attached hydrogen (secondary N) is 1. The molecule has 0 atom stereocenters. The van der Waals surface area contributed by atoms with Gasteiger partial charge in [0.25, 0.3) is 5.69 Å². The number of nitro groups is 1. The number of hydrogen-bond acceptors (Lipinski definition) is 4. The lowest BCUT2D eigenvalue weighted by molar-refractivity contribution is -0.384. The zero-order valence-electron chi connectivity index (χ0n) is 11.9. The largest absolute Gasteiger partial charge is 0.492 e. The van der Waals surface area contributed by atoms with Crippen molar-refractivity contribution in [1.82, 2.24) is 0 Å². The summed E-state index contributed by atoms with van der Waals surface area (Å²) < 4.78 is 5.55. The number of aryl methyl sites for hydroxylation is 1. The maximum absolute atomic E-state index is 10.5. The van der Waals surface area contributed by atoms with Crippen LogP contribution in [0.15, 0.2) is 48.5 Å². The first-order valence-corrected chi connectivity index (χ1v) is 6.89. The van der Waals surface area contributed by atoms with E-state index in [1.54, 1.807) is 12.1 Å². The van der Waals surface area contributed by atoms with Crippen molar-refractivity contribution in [3.05, 3.63) is 64.2 Å². The molecule has 0 saturated heterocycles. The molecule has 0 amide bonds. The Morgan fingerprint density at radius 3 is 2.52 bits per heavy atom. The van der Waals surface area contributed by atoms with Crippen molar-refractivity contribution in [2.24, 2.45) is 0 Å². The van der Waals surface area contributed by atoms with Crippen LogP contribution < -0.4 is 10.1 Å². The predicted molar refractivity (Wildman–Crippen MR) is 82.9 cm³/mol. The van der Waals surface area contributed by atoms with Crippen LogP contribution in [0.2, 0.25) is 0 Å². The quantitative estimate of drug-likeness (QED) is 0.479. The van der Waals surface area contributed by atoms with Crippen molar-refractivity contribution in [3.8, 4) is 5.75 Å². The summed E-state index contributed by atoms with van der Waals surface area (Å²) >= 11 is 0. The van der Waals surface area contributed by atoms with Gasteiger partial charge in [0, 0.05) is 24.4 Å². The summed E-state index contributed by atoms with van der Waals surface area (Å²) in [5.74, 6) is 0.631. The number of non-ortho nitro benzene ring substituents is 1. The Morgan fingerprint density at radius 1 is 1.14 bits per heavy atom. The minimum atomic E-state index is -0.424. The number of nitro benzene ring substituents is 1. The van der Waals surface area contributed by atoms with Crippen LogP contribution in [-0.4, -0.2) is 18.1 Å². The van der Waals surface area contributed by atoms with Crippen molar-refractivity contribution in [1.29, 1.82) is 0 Å². The van der Waals surface area contributed by atoms with Gasteiger partial charge in [-0.2, -0.15) is 0 Å². The van der Waals surface area contributed by atoms with Gasteiger partial charge >= 0.3 is 0 Å². The number of benzene rings is 2. The first-order chi connectivity index (χ1) is 10.2. The third-order valence-electron chi connectivity index (χ3n) is 3.13. The van der Waals surface area contributed by atoms with Gasteiger partial charge in [-0.05, 0) is 30.2 Å². The van der Waals surface area contributed by atoms with E-state index in [9.17, 15) is 10.1 Å². The number of nitrogens with zero attached hydrogens (tertiary/aromatic N) is 1. The number of para-hydroxylation sites is 1. The van der Waals surface area contributed by atoms with E-state index >= 15 is 0 Å². The molecule has 1 N–H and O–H groups in total. The second-order valence-corrected chi connectivity index (χ2v) is 4.54. The second kappa shape index (κ2) is 7.28. The third kappa shape index (κ3) is 4.21. The Morgan fingerprint density at radius 2 is 1.86 bits per heavy atom. The molecule has 0 unspecified atom stereocenters. The molecule has 5 heteroatoms. The number of ether oxygens (including phenoxy) is 1. The molecule has 0 fully saturated rings. The van der Waals surface area contributed by atoms with Crippen LogP contribution in [0.5, 0.6) is 5.75 Å². The summed E-state index contributed by atoms with van der Waals surface area (Å²) in [7, 11) is 0. The zero-order valence-corrected chi connectivity index (χ0v) is 11.9. The van der Waals surface area contributed by atoms with E-state index in [0.29, 0.717) is 18.9 Å². The van der Waals surface area contributed by atoms with Crippen LogP contribution in [0.1, 0.15) is 12.5 Å². The standard InChI is InChI=1S/C16H18N2O3/c1-2-13-5-3-4-6-16(13)17-11-12-21-15-9-7-14(8-10-15)18(19)20/h3-10,17H,2,11-12H2,1H3. The van der Waals surface area contributed by atoms with Crippen LogP contribution >= 0.6 is 0 Å². The smallest absolute Gasteiger partial charge is 0.269 e. The van der Waals surface area contributed by atoms with E-state index < -0.39 is 4.92 Å². The molecule has 0 aliphatic heterocycles. The molecule has 2 aromatic carbocycles. The molecule has 0 aliphatic rings.